The summed E-state index contributed by atoms with van der Waals surface area (Å²) in [6, 6.07) is 6.68. The Morgan fingerprint density at radius 3 is 2.96 bits per heavy atom. The van der Waals surface area contributed by atoms with Gasteiger partial charge in [-0.25, -0.2) is 4.39 Å². The van der Waals surface area contributed by atoms with E-state index in [4.69, 9.17) is 5.73 Å². The third kappa shape index (κ3) is 4.11. The van der Waals surface area contributed by atoms with Crippen LogP contribution in [-0.2, 0) is 11.2 Å². The van der Waals surface area contributed by atoms with Crippen molar-refractivity contribution in [1.29, 1.82) is 0 Å². The number of carbonyl (C=O) groups excluding carboxylic acids is 1. The average molecular weight is 334 g/mol. The number of rotatable bonds is 4. The first kappa shape index (κ1) is 16.0. The Morgan fingerprint density at radius 1 is 1.35 bits per heavy atom. The number of benzene rings is 1. The molecule has 122 valence electrons. The van der Waals surface area contributed by atoms with Crippen LogP contribution in [0.3, 0.4) is 0 Å². The second-order valence-electron chi connectivity index (χ2n) is 5.88. The maximum absolute atomic E-state index is 13.6. The van der Waals surface area contributed by atoms with Gasteiger partial charge in [-0.1, -0.05) is 36.0 Å². The molecule has 1 amide bonds. The van der Waals surface area contributed by atoms with Crippen molar-refractivity contribution in [2.24, 2.45) is 11.7 Å². The highest BCUT2D eigenvalue weighted by molar-refractivity contribution is 7.15. The number of nitrogens with one attached hydrogen (secondary N) is 1. The third-order valence-corrected chi connectivity index (χ3v) is 4.92. The van der Waals surface area contributed by atoms with Crippen LogP contribution in [0.5, 0.6) is 0 Å². The van der Waals surface area contributed by atoms with E-state index in [2.05, 4.69) is 15.5 Å². The number of nitrogens with two attached hydrogens (primary N) is 1. The lowest BCUT2D eigenvalue weighted by Crippen LogP contribution is -2.34. The van der Waals surface area contributed by atoms with Crippen LogP contribution in [0.2, 0.25) is 0 Å². The maximum atomic E-state index is 13.6. The van der Waals surface area contributed by atoms with Gasteiger partial charge in [-0.05, 0) is 30.9 Å². The van der Waals surface area contributed by atoms with E-state index in [-0.39, 0.29) is 23.7 Å². The lowest BCUT2D eigenvalue weighted by atomic mass is 9.86. The van der Waals surface area contributed by atoms with E-state index in [1.165, 1.54) is 17.4 Å². The fraction of sp³-hybridized carbons (Fsp3) is 0.438. The molecule has 1 heterocycles. The predicted octanol–water partition coefficient (Wildman–Crippen LogP) is 2.72. The third-order valence-electron chi connectivity index (χ3n) is 4.08. The van der Waals surface area contributed by atoms with E-state index in [1.807, 2.05) is 0 Å². The monoisotopic (exact) mass is 334 g/mol. The molecule has 2 unspecified atom stereocenters. The van der Waals surface area contributed by atoms with Crippen molar-refractivity contribution in [2.45, 2.75) is 38.1 Å². The summed E-state index contributed by atoms with van der Waals surface area (Å²) >= 11 is 1.28. The van der Waals surface area contributed by atoms with Crippen LogP contribution in [0.15, 0.2) is 24.3 Å². The summed E-state index contributed by atoms with van der Waals surface area (Å²) in [6.07, 6.45) is 3.91. The minimum Gasteiger partial charge on any atom is -0.328 e. The molecule has 1 aliphatic carbocycles. The molecule has 0 aliphatic heterocycles. The molecule has 0 spiro atoms. The Bertz CT molecular complexity index is 690. The molecule has 1 aromatic carbocycles. The molecule has 5 nitrogen and oxygen atoms in total. The Hall–Kier alpha value is -1.86. The largest absolute Gasteiger partial charge is 0.328 e. The Labute approximate surface area is 138 Å². The van der Waals surface area contributed by atoms with Gasteiger partial charge in [-0.15, -0.1) is 10.2 Å². The summed E-state index contributed by atoms with van der Waals surface area (Å²) in [4.78, 5) is 12.2. The van der Waals surface area contributed by atoms with E-state index < -0.39 is 0 Å². The molecule has 0 bridgehead atoms. The van der Waals surface area contributed by atoms with E-state index >= 15 is 0 Å². The van der Waals surface area contributed by atoms with Crippen molar-refractivity contribution < 1.29 is 9.18 Å². The second-order valence-corrected chi connectivity index (χ2v) is 6.94. The molecule has 0 radical (unpaired) electrons. The fourth-order valence-electron chi connectivity index (χ4n) is 2.85. The van der Waals surface area contributed by atoms with E-state index in [9.17, 15) is 9.18 Å². The van der Waals surface area contributed by atoms with Gasteiger partial charge in [0.25, 0.3) is 0 Å². The van der Waals surface area contributed by atoms with Gasteiger partial charge in [0.05, 0.1) is 0 Å². The molecule has 0 saturated heterocycles. The molecule has 2 atom stereocenters. The van der Waals surface area contributed by atoms with Crippen LogP contribution in [0.1, 0.15) is 36.3 Å². The normalized spacial score (nSPS) is 21.1. The number of amides is 1. The number of hydrogen-bond acceptors (Lipinski definition) is 5. The molecule has 3 rings (SSSR count). The summed E-state index contributed by atoms with van der Waals surface area (Å²) < 4.78 is 13.6. The number of halogens is 1. The Balaban J connectivity index is 1.61. The highest BCUT2D eigenvalue weighted by Gasteiger charge is 2.26. The Morgan fingerprint density at radius 2 is 2.17 bits per heavy atom. The van der Waals surface area contributed by atoms with E-state index in [0.717, 1.165) is 19.3 Å². The molecule has 1 aliphatic rings. The van der Waals surface area contributed by atoms with Crippen molar-refractivity contribution in [2.75, 3.05) is 5.32 Å². The summed E-state index contributed by atoms with van der Waals surface area (Å²) in [5, 5.41) is 11.9. The topological polar surface area (TPSA) is 80.9 Å². The van der Waals surface area contributed by atoms with Crippen molar-refractivity contribution in [3.05, 3.63) is 40.7 Å². The molecule has 23 heavy (non-hydrogen) atoms. The van der Waals surface area contributed by atoms with Crippen molar-refractivity contribution in [3.8, 4) is 0 Å². The number of carbonyl (C=O) groups is 1. The molecule has 7 heteroatoms. The van der Waals surface area contributed by atoms with Crippen molar-refractivity contribution >= 4 is 22.4 Å². The van der Waals surface area contributed by atoms with Gasteiger partial charge in [0, 0.05) is 18.4 Å². The van der Waals surface area contributed by atoms with E-state index in [0.29, 0.717) is 28.5 Å². The SMILES string of the molecule is NC1CCCC(C(=O)Nc2nnc(Cc3ccccc3F)s2)C1. The molecular weight excluding hydrogens is 315 g/mol. The zero-order valence-electron chi connectivity index (χ0n) is 12.7. The van der Waals surface area contributed by atoms with Crippen LogP contribution in [0.25, 0.3) is 0 Å². The van der Waals surface area contributed by atoms with Gasteiger partial charge >= 0.3 is 0 Å². The van der Waals surface area contributed by atoms with Crippen molar-refractivity contribution in [3.63, 3.8) is 0 Å². The highest BCUT2D eigenvalue weighted by Crippen LogP contribution is 2.26. The van der Waals surface area contributed by atoms with Crippen LogP contribution in [0, 0.1) is 11.7 Å². The summed E-state index contributed by atoms with van der Waals surface area (Å²) in [6.45, 7) is 0. The summed E-state index contributed by atoms with van der Waals surface area (Å²) in [5.41, 5.74) is 6.49. The molecule has 1 aromatic heterocycles. The standard InChI is InChI=1S/C16H19FN4OS/c17-13-7-2-1-4-10(13)9-14-20-21-16(23-14)19-15(22)11-5-3-6-12(18)8-11/h1-2,4,7,11-12H,3,5-6,8-9,18H2,(H,19,21,22). The summed E-state index contributed by atoms with van der Waals surface area (Å²) in [7, 11) is 0. The zero-order valence-corrected chi connectivity index (χ0v) is 13.5. The smallest absolute Gasteiger partial charge is 0.229 e. The first-order valence-electron chi connectivity index (χ1n) is 7.74. The van der Waals surface area contributed by atoms with Crippen LogP contribution in [-0.4, -0.2) is 22.1 Å². The first-order chi connectivity index (χ1) is 11.1. The number of aromatic nitrogens is 2. The van der Waals surface area contributed by atoms with Crippen LogP contribution >= 0.6 is 11.3 Å². The quantitative estimate of drug-likeness (QED) is 0.901. The second kappa shape index (κ2) is 7.14. The number of hydrogen-bond donors (Lipinski definition) is 2. The number of anilines is 1. The van der Waals surface area contributed by atoms with Gasteiger partial charge in [0.2, 0.25) is 11.0 Å². The van der Waals surface area contributed by atoms with Crippen LogP contribution < -0.4 is 11.1 Å². The first-order valence-corrected chi connectivity index (χ1v) is 8.55. The van der Waals surface area contributed by atoms with Gasteiger partial charge in [-0.3, -0.25) is 4.79 Å². The molecular formula is C16H19FN4OS. The maximum Gasteiger partial charge on any atom is 0.229 e. The van der Waals surface area contributed by atoms with Gasteiger partial charge in [-0.2, -0.15) is 0 Å². The highest BCUT2D eigenvalue weighted by atomic mass is 32.1. The summed E-state index contributed by atoms with van der Waals surface area (Å²) in [5.74, 6) is -0.365. The molecule has 1 saturated carbocycles. The molecule has 2 aromatic rings. The fourth-order valence-corrected chi connectivity index (χ4v) is 3.62. The minimum atomic E-state index is -0.260. The van der Waals surface area contributed by atoms with Gasteiger partial charge < -0.3 is 11.1 Å². The molecule has 1 fully saturated rings. The van der Waals surface area contributed by atoms with Crippen LogP contribution in [0.4, 0.5) is 9.52 Å². The lowest BCUT2D eigenvalue weighted by Gasteiger charge is -2.25. The van der Waals surface area contributed by atoms with Gasteiger partial charge in [0.1, 0.15) is 10.8 Å². The van der Waals surface area contributed by atoms with E-state index in [1.54, 1.807) is 18.2 Å². The number of nitrogens with zero attached hydrogens (tertiary/aromatic N) is 2. The lowest BCUT2D eigenvalue weighted by molar-refractivity contribution is -0.120. The minimum absolute atomic E-state index is 0.0475. The molecule has 3 N–H and O–H groups in total. The zero-order chi connectivity index (χ0) is 16.2. The Kier molecular flexibility index (Phi) is 4.97. The van der Waals surface area contributed by atoms with Crippen molar-refractivity contribution in [1.82, 2.24) is 10.2 Å². The van der Waals surface area contributed by atoms with Gasteiger partial charge in [0.15, 0.2) is 0 Å². The predicted molar refractivity (Wildman–Crippen MR) is 87.7 cm³/mol. The average Bonchev–Trinajstić information content (AvgIpc) is 2.97.